The third-order valence-corrected chi connectivity index (χ3v) is 4.47. The van der Waals surface area contributed by atoms with Crippen LogP contribution in [0.4, 0.5) is 8.78 Å². The fraction of sp³-hybridized carbons (Fsp3) is 0.625. The number of likely N-dealkylation sites (tertiary alicyclic amines) is 1. The number of piperidine rings is 1. The van der Waals surface area contributed by atoms with Crippen LogP contribution in [0.5, 0.6) is 0 Å². The van der Waals surface area contributed by atoms with E-state index in [1.165, 1.54) is 0 Å². The molecule has 0 unspecified atom stereocenters. The molecule has 0 aliphatic carbocycles. The molecule has 3 rings (SSSR count). The van der Waals surface area contributed by atoms with E-state index in [2.05, 4.69) is 9.88 Å². The van der Waals surface area contributed by atoms with Crippen LogP contribution in [0.3, 0.4) is 0 Å². The van der Waals surface area contributed by atoms with Gasteiger partial charge in [-0.1, -0.05) is 0 Å². The Labute approximate surface area is 134 Å². The first-order chi connectivity index (χ1) is 11.1. The van der Waals surface area contributed by atoms with E-state index >= 15 is 0 Å². The van der Waals surface area contributed by atoms with E-state index in [-0.39, 0.29) is 11.7 Å². The molecule has 5 nitrogen and oxygen atoms in total. The number of aromatic nitrogens is 1. The number of ether oxygens (including phenoxy) is 1. The number of pyridine rings is 1. The lowest BCUT2D eigenvalue weighted by Crippen LogP contribution is -2.51. The van der Waals surface area contributed by atoms with Crippen LogP contribution in [0, 0.1) is 11.6 Å². The molecule has 1 aromatic rings. The molecule has 7 heteroatoms. The van der Waals surface area contributed by atoms with Crippen molar-refractivity contribution in [1.82, 2.24) is 14.8 Å². The summed E-state index contributed by atoms with van der Waals surface area (Å²) in [5.74, 6) is -2.12. The Bertz CT molecular complexity index is 564. The number of hydrogen-bond donors (Lipinski definition) is 0. The summed E-state index contributed by atoms with van der Waals surface area (Å²) >= 11 is 0. The second kappa shape index (κ2) is 7.31. The van der Waals surface area contributed by atoms with Gasteiger partial charge in [0.2, 0.25) is 0 Å². The Morgan fingerprint density at radius 3 is 2.78 bits per heavy atom. The summed E-state index contributed by atoms with van der Waals surface area (Å²) in [6, 6.07) is 0.752. The van der Waals surface area contributed by atoms with E-state index in [9.17, 15) is 13.6 Å². The summed E-state index contributed by atoms with van der Waals surface area (Å²) < 4.78 is 32.2. The van der Waals surface area contributed by atoms with Crippen molar-refractivity contribution in [2.24, 2.45) is 0 Å². The molecule has 0 saturated carbocycles. The first-order valence-corrected chi connectivity index (χ1v) is 8.07. The minimum Gasteiger partial charge on any atom is -0.379 e. The van der Waals surface area contributed by atoms with Crippen molar-refractivity contribution in [2.75, 3.05) is 39.4 Å². The van der Waals surface area contributed by atoms with Crippen LogP contribution in [0.2, 0.25) is 0 Å². The number of nitrogens with zero attached hydrogens (tertiary/aromatic N) is 3. The van der Waals surface area contributed by atoms with Crippen molar-refractivity contribution in [3.8, 4) is 0 Å². The maximum atomic E-state index is 13.9. The first kappa shape index (κ1) is 16.3. The van der Waals surface area contributed by atoms with Crippen molar-refractivity contribution < 1.29 is 18.3 Å². The van der Waals surface area contributed by atoms with Crippen LogP contribution in [0.1, 0.15) is 29.8 Å². The molecule has 2 saturated heterocycles. The lowest BCUT2D eigenvalue weighted by atomic mass is 10.0. The number of carbonyl (C=O) groups is 1. The molecule has 1 atom stereocenters. The Kier molecular flexibility index (Phi) is 5.17. The molecule has 126 valence electrons. The monoisotopic (exact) mass is 325 g/mol. The Morgan fingerprint density at radius 1 is 1.26 bits per heavy atom. The highest BCUT2D eigenvalue weighted by Gasteiger charge is 2.31. The maximum Gasteiger partial charge on any atom is 0.275 e. The Morgan fingerprint density at radius 2 is 2.04 bits per heavy atom. The molecule has 3 heterocycles. The molecule has 0 bridgehead atoms. The molecule has 1 amide bonds. The van der Waals surface area contributed by atoms with Crippen molar-refractivity contribution in [2.45, 2.75) is 25.3 Å². The summed E-state index contributed by atoms with van der Waals surface area (Å²) in [6.45, 7) is 4.46. The predicted octanol–water partition coefficient (Wildman–Crippen LogP) is 1.69. The van der Waals surface area contributed by atoms with Gasteiger partial charge in [-0.2, -0.15) is 0 Å². The van der Waals surface area contributed by atoms with E-state index in [1.807, 2.05) is 0 Å². The Balaban J connectivity index is 1.73. The van der Waals surface area contributed by atoms with Crippen LogP contribution in [0.15, 0.2) is 12.3 Å². The van der Waals surface area contributed by atoms with Gasteiger partial charge in [-0.3, -0.25) is 9.69 Å². The molecule has 2 fully saturated rings. The SMILES string of the molecule is O=C(c1ncc(F)cc1F)N1CCCC[C@H]1CN1CCOCC1. The number of hydrogen-bond acceptors (Lipinski definition) is 4. The molecular formula is C16H21F2N3O2. The van der Waals surface area contributed by atoms with Crippen molar-refractivity contribution >= 4 is 5.91 Å². The van der Waals surface area contributed by atoms with Crippen molar-refractivity contribution in [3.63, 3.8) is 0 Å². The smallest absolute Gasteiger partial charge is 0.275 e. The summed E-state index contributed by atoms with van der Waals surface area (Å²) in [7, 11) is 0. The standard InChI is InChI=1S/C16H21F2N3O2/c17-12-9-14(18)15(19-10-12)16(22)21-4-2-1-3-13(21)11-20-5-7-23-8-6-20/h9-10,13H,1-8,11H2/t13-/m0/s1. The van der Waals surface area contributed by atoms with Crippen LogP contribution < -0.4 is 0 Å². The molecule has 0 radical (unpaired) electrons. The van der Waals surface area contributed by atoms with E-state index in [0.29, 0.717) is 25.8 Å². The summed E-state index contributed by atoms with van der Waals surface area (Å²) in [4.78, 5) is 20.3. The fourth-order valence-electron chi connectivity index (χ4n) is 3.25. The minimum absolute atomic E-state index is 0.0422. The maximum absolute atomic E-state index is 13.9. The fourth-order valence-corrected chi connectivity index (χ4v) is 3.25. The zero-order valence-electron chi connectivity index (χ0n) is 13.0. The quantitative estimate of drug-likeness (QED) is 0.848. The number of morpholine rings is 1. The van der Waals surface area contributed by atoms with Crippen LogP contribution in [0.25, 0.3) is 0 Å². The number of halogens is 2. The summed E-state index contributed by atoms with van der Waals surface area (Å²) in [5, 5.41) is 0. The molecule has 1 aromatic heterocycles. The number of amides is 1. The van der Waals surface area contributed by atoms with E-state index in [4.69, 9.17) is 4.74 Å². The molecule has 0 N–H and O–H groups in total. The average molecular weight is 325 g/mol. The molecule has 23 heavy (non-hydrogen) atoms. The van der Waals surface area contributed by atoms with Gasteiger partial charge in [0.1, 0.15) is 5.82 Å². The van der Waals surface area contributed by atoms with Crippen molar-refractivity contribution in [3.05, 3.63) is 29.6 Å². The van der Waals surface area contributed by atoms with E-state index < -0.39 is 17.5 Å². The van der Waals surface area contributed by atoms with Crippen LogP contribution >= 0.6 is 0 Å². The van der Waals surface area contributed by atoms with Gasteiger partial charge in [0.05, 0.1) is 19.4 Å². The number of rotatable bonds is 3. The van der Waals surface area contributed by atoms with Crippen molar-refractivity contribution in [1.29, 1.82) is 0 Å². The average Bonchev–Trinajstić information content (AvgIpc) is 2.56. The zero-order chi connectivity index (χ0) is 16.2. The second-order valence-electron chi connectivity index (χ2n) is 6.05. The summed E-state index contributed by atoms with van der Waals surface area (Å²) in [6.07, 6.45) is 3.73. The van der Waals surface area contributed by atoms with Gasteiger partial charge in [-0.15, -0.1) is 0 Å². The van der Waals surface area contributed by atoms with Gasteiger partial charge < -0.3 is 9.64 Å². The van der Waals surface area contributed by atoms with Gasteiger partial charge >= 0.3 is 0 Å². The zero-order valence-corrected chi connectivity index (χ0v) is 13.0. The topological polar surface area (TPSA) is 45.7 Å². The van der Waals surface area contributed by atoms with Gasteiger partial charge in [0, 0.05) is 38.3 Å². The molecule has 0 spiro atoms. The molecular weight excluding hydrogens is 304 g/mol. The molecule has 2 aliphatic heterocycles. The highest BCUT2D eigenvalue weighted by atomic mass is 19.1. The lowest BCUT2D eigenvalue weighted by Gasteiger charge is -2.39. The summed E-state index contributed by atoms with van der Waals surface area (Å²) in [5.41, 5.74) is -0.291. The van der Waals surface area contributed by atoms with E-state index in [1.54, 1.807) is 4.90 Å². The number of carbonyl (C=O) groups excluding carboxylic acids is 1. The van der Waals surface area contributed by atoms with E-state index in [0.717, 1.165) is 45.1 Å². The van der Waals surface area contributed by atoms with Gasteiger partial charge in [0.15, 0.2) is 11.5 Å². The second-order valence-corrected chi connectivity index (χ2v) is 6.05. The highest BCUT2D eigenvalue weighted by molar-refractivity contribution is 5.92. The predicted molar refractivity (Wildman–Crippen MR) is 80.1 cm³/mol. The lowest BCUT2D eigenvalue weighted by molar-refractivity contribution is 0.0163. The minimum atomic E-state index is -0.898. The van der Waals surface area contributed by atoms with Gasteiger partial charge in [0.25, 0.3) is 5.91 Å². The third-order valence-electron chi connectivity index (χ3n) is 4.47. The van der Waals surface area contributed by atoms with Gasteiger partial charge in [-0.05, 0) is 19.3 Å². The molecule has 2 aliphatic rings. The van der Waals surface area contributed by atoms with Gasteiger partial charge in [-0.25, -0.2) is 13.8 Å². The normalized spacial score (nSPS) is 23.0. The van der Waals surface area contributed by atoms with Crippen LogP contribution in [-0.2, 0) is 4.74 Å². The van der Waals surface area contributed by atoms with Crippen LogP contribution in [-0.4, -0.2) is 66.1 Å². The third kappa shape index (κ3) is 3.84. The highest BCUT2D eigenvalue weighted by Crippen LogP contribution is 2.21. The largest absolute Gasteiger partial charge is 0.379 e. The first-order valence-electron chi connectivity index (χ1n) is 8.07. The molecule has 0 aromatic carbocycles. The Hall–Kier alpha value is -1.60.